The van der Waals surface area contributed by atoms with E-state index in [4.69, 9.17) is 0 Å². The summed E-state index contributed by atoms with van der Waals surface area (Å²) in [6.07, 6.45) is 6.76. The molecule has 4 heteroatoms. The summed E-state index contributed by atoms with van der Waals surface area (Å²) in [7, 11) is 0. The second-order valence-electron chi connectivity index (χ2n) is 5.83. The van der Waals surface area contributed by atoms with Crippen LogP contribution < -0.4 is 5.32 Å². The zero-order valence-corrected chi connectivity index (χ0v) is 12.5. The standard InChI is InChI=1S/C14H26N2O.ClH/c1-11-4-3-5-12(2)16(11)14(17)10-13-6-8-15-9-7-13;/h11-13,15H,3-10H2,1-2H3;1H. The van der Waals surface area contributed by atoms with E-state index in [9.17, 15) is 4.79 Å². The molecule has 2 aliphatic rings. The van der Waals surface area contributed by atoms with Crippen molar-refractivity contribution in [2.45, 2.75) is 64.5 Å². The minimum Gasteiger partial charge on any atom is -0.337 e. The molecular weight excluding hydrogens is 248 g/mol. The molecule has 0 aromatic rings. The summed E-state index contributed by atoms with van der Waals surface area (Å²) in [4.78, 5) is 14.6. The normalized spacial score (nSPS) is 29.8. The van der Waals surface area contributed by atoms with E-state index < -0.39 is 0 Å². The fourth-order valence-electron chi connectivity index (χ4n) is 3.35. The lowest BCUT2D eigenvalue weighted by molar-refractivity contribution is -0.138. The Morgan fingerprint density at radius 1 is 1.11 bits per heavy atom. The van der Waals surface area contributed by atoms with Crippen LogP contribution in [-0.2, 0) is 4.79 Å². The van der Waals surface area contributed by atoms with Gasteiger partial charge in [0.15, 0.2) is 0 Å². The first-order valence-corrected chi connectivity index (χ1v) is 7.20. The fourth-order valence-corrected chi connectivity index (χ4v) is 3.35. The third kappa shape index (κ3) is 3.86. The second kappa shape index (κ2) is 7.34. The Kier molecular flexibility index (Phi) is 6.44. The van der Waals surface area contributed by atoms with Gasteiger partial charge in [0.05, 0.1) is 0 Å². The topological polar surface area (TPSA) is 32.3 Å². The van der Waals surface area contributed by atoms with Crippen molar-refractivity contribution in [3.63, 3.8) is 0 Å². The summed E-state index contributed by atoms with van der Waals surface area (Å²) in [5.74, 6) is 1.02. The number of nitrogens with one attached hydrogen (secondary N) is 1. The van der Waals surface area contributed by atoms with Crippen LogP contribution in [0.2, 0.25) is 0 Å². The van der Waals surface area contributed by atoms with Crippen molar-refractivity contribution in [2.24, 2.45) is 5.92 Å². The fraction of sp³-hybridized carbons (Fsp3) is 0.929. The van der Waals surface area contributed by atoms with Crippen LogP contribution in [-0.4, -0.2) is 36.0 Å². The van der Waals surface area contributed by atoms with Gasteiger partial charge in [0.1, 0.15) is 0 Å². The van der Waals surface area contributed by atoms with Crippen LogP contribution in [0.4, 0.5) is 0 Å². The molecule has 0 saturated carbocycles. The van der Waals surface area contributed by atoms with E-state index in [0.29, 0.717) is 23.9 Å². The summed E-state index contributed by atoms with van der Waals surface area (Å²) in [5, 5.41) is 3.36. The number of amides is 1. The first-order valence-electron chi connectivity index (χ1n) is 7.20. The first kappa shape index (κ1) is 15.8. The SMILES string of the molecule is CC1CCCC(C)N1C(=O)CC1CCNCC1.Cl. The predicted molar refractivity (Wildman–Crippen MR) is 77.1 cm³/mol. The Hall–Kier alpha value is -0.280. The molecule has 2 fully saturated rings. The molecule has 0 aromatic heterocycles. The van der Waals surface area contributed by atoms with Gasteiger partial charge in [-0.05, 0) is 65.0 Å². The Balaban J connectivity index is 0.00000162. The maximum absolute atomic E-state index is 12.4. The quantitative estimate of drug-likeness (QED) is 0.839. The highest BCUT2D eigenvalue weighted by atomic mass is 35.5. The molecule has 0 spiro atoms. The summed E-state index contributed by atoms with van der Waals surface area (Å²) in [6, 6.07) is 0.904. The monoisotopic (exact) mass is 274 g/mol. The maximum atomic E-state index is 12.4. The van der Waals surface area contributed by atoms with Crippen molar-refractivity contribution in [2.75, 3.05) is 13.1 Å². The van der Waals surface area contributed by atoms with Crippen molar-refractivity contribution in [1.82, 2.24) is 10.2 Å². The molecule has 0 bridgehead atoms. The molecule has 1 N–H and O–H groups in total. The van der Waals surface area contributed by atoms with Gasteiger partial charge in [-0.3, -0.25) is 4.79 Å². The number of likely N-dealkylation sites (tertiary alicyclic amines) is 1. The summed E-state index contributed by atoms with van der Waals surface area (Å²) in [5.41, 5.74) is 0. The van der Waals surface area contributed by atoms with Crippen LogP contribution in [0.1, 0.15) is 52.4 Å². The molecule has 3 nitrogen and oxygen atoms in total. The predicted octanol–water partition coefficient (Wildman–Crippen LogP) is 2.59. The van der Waals surface area contributed by atoms with E-state index in [0.717, 1.165) is 19.5 Å². The molecule has 2 unspecified atom stereocenters. The van der Waals surface area contributed by atoms with Gasteiger partial charge in [-0.15, -0.1) is 12.4 Å². The van der Waals surface area contributed by atoms with E-state index in [1.54, 1.807) is 0 Å². The summed E-state index contributed by atoms with van der Waals surface area (Å²) >= 11 is 0. The van der Waals surface area contributed by atoms with Crippen LogP contribution in [0, 0.1) is 5.92 Å². The van der Waals surface area contributed by atoms with Gasteiger partial charge in [-0.2, -0.15) is 0 Å². The number of rotatable bonds is 2. The van der Waals surface area contributed by atoms with Gasteiger partial charge < -0.3 is 10.2 Å². The van der Waals surface area contributed by atoms with Gasteiger partial charge >= 0.3 is 0 Å². The average molecular weight is 275 g/mol. The van der Waals surface area contributed by atoms with Gasteiger partial charge in [0.25, 0.3) is 0 Å². The molecule has 106 valence electrons. The molecule has 1 amide bonds. The van der Waals surface area contributed by atoms with Crippen LogP contribution in [0.15, 0.2) is 0 Å². The number of hydrogen-bond donors (Lipinski definition) is 1. The Morgan fingerprint density at radius 2 is 1.67 bits per heavy atom. The lowest BCUT2D eigenvalue weighted by atomic mass is 9.91. The van der Waals surface area contributed by atoms with Crippen molar-refractivity contribution < 1.29 is 4.79 Å². The number of hydrogen-bond acceptors (Lipinski definition) is 2. The van der Waals surface area contributed by atoms with Gasteiger partial charge in [-0.25, -0.2) is 0 Å². The van der Waals surface area contributed by atoms with Crippen LogP contribution >= 0.6 is 12.4 Å². The lowest BCUT2D eigenvalue weighted by Crippen LogP contribution is -2.48. The highest BCUT2D eigenvalue weighted by molar-refractivity contribution is 5.85. The molecule has 2 saturated heterocycles. The smallest absolute Gasteiger partial charge is 0.223 e. The van der Waals surface area contributed by atoms with Gasteiger partial charge in [0.2, 0.25) is 5.91 Å². The highest BCUT2D eigenvalue weighted by Gasteiger charge is 2.30. The minimum absolute atomic E-state index is 0. The minimum atomic E-state index is 0. The molecule has 0 aliphatic carbocycles. The van der Waals surface area contributed by atoms with Crippen LogP contribution in [0.3, 0.4) is 0 Å². The van der Waals surface area contributed by atoms with E-state index >= 15 is 0 Å². The molecule has 2 rings (SSSR count). The van der Waals surface area contributed by atoms with E-state index in [2.05, 4.69) is 24.1 Å². The average Bonchev–Trinajstić information content (AvgIpc) is 2.30. The number of piperidine rings is 2. The Bertz CT molecular complexity index is 257. The maximum Gasteiger partial charge on any atom is 0.223 e. The zero-order chi connectivity index (χ0) is 12.3. The molecule has 0 aromatic carbocycles. The Labute approximate surface area is 117 Å². The molecule has 2 heterocycles. The van der Waals surface area contributed by atoms with Crippen molar-refractivity contribution in [3.8, 4) is 0 Å². The third-order valence-electron chi connectivity index (χ3n) is 4.40. The van der Waals surface area contributed by atoms with Gasteiger partial charge in [0, 0.05) is 18.5 Å². The number of carbonyl (C=O) groups is 1. The molecular formula is C14H27ClN2O. The molecule has 2 atom stereocenters. The first-order chi connectivity index (χ1) is 8.18. The number of carbonyl (C=O) groups excluding carboxylic acids is 1. The third-order valence-corrected chi connectivity index (χ3v) is 4.40. The van der Waals surface area contributed by atoms with Crippen LogP contribution in [0.5, 0.6) is 0 Å². The van der Waals surface area contributed by atoms with E-state index in [-0.39, 0.29) is 12.4 Å². The largest absolute Gasteiger partial charge is 0.337 e. The number of nitrogens with zero attached hydrogens (tertiary/aromatic N) is 1. The van der Waals surface area contributed by atoms with Crippen LogP contribution in [0.25, 0.3) is 0 Å². The van der Waals surface area contributed by atoms with Gasteiger partial charge in [-0.1, -0.05) is 0 Å². The molecule has 18 heavy (non-hydrogen) atoms. The summed E-state index contributed by atoms with van der Waals surface area (Å²) < 4.78 is 0. The van der Waals surface area contributed by atoms with Crippen molar-refractivity contribution in [1.29, 1.82) is 0 Å². The Morgan fingerprint density at radius 3 is 2.22 bits per heavy atom. The zero-order valence-electron chi connectivity index (χ0n) is 11.7. The van der Waals surface area contributed by atoms with E-state index in [1.807, 2.05) is 0 Å². The highest BCUT2D eigenvalue weighted by Crippen LogP contribution is 2.25. The van der Waals surface area contributed by atoms with Crippen molar-refractivity contribution in [3.05, 3.63) is 0 Å². The van der Waals surface area contributed by atoms with Crippen molar-refractivity contribution >= 4 is 18.3 Å². The van der Waals surface area contributed by atoms with E-state index in [1.165, 1.54) is 32.1 Å². The number of halogens is 1. The second-order valence-corrected chi connectivity index (χ2v) is 5.83. The lowest BCUT2D eigenvalue weighted by Gasteiger charge is -2.40. The molecule has 0 radical (unpaired) electrons. The molecule has 2 aliphatic heterocycles. The summed E-state index contributed by atoms with van der Waals surface area (Å²) in [6.45, 7) is 6.58.